The lowest BCUT2D eigenvalue weighted by molar-refractivity contribution is 0.0662. The van der Waals surface area contributed by atoms with Gasteiger partial charge in [-0.05, 0) is 50.7 Å². The maximum atomic E-state index is 13.0. The summed E-state index contributed by atoms with van der Waals surface area (Å²) in [6.07, 6.45) is 7.58. The number of furan rings is 1. The SMILES string of the molecule is Cc1c(C(=O)N2CCC(C)CC2)oc2c1/C(=N/NC(=O)c1ccncc1)CCC2. The van der Waals surface area contributed by atoms with Gasteiger partial charge in [0.15, 0.2) is 5.76 Å². The van der Waals surface area contributed by atoms with Crippen LogP contribution < -0.4 is 5.43 Å². The number of rotatable bonds is 3. The Morgan fingerprint density at radius 3 is 2.66 bits per heavy atom. The van der Waals surface area contributed by atoms with E-state index in [2.05, 4.69) is 22.4 Å². The van der Waals surface area contributed by atoms with Crippen molar-refractivity contribution in [1.29, 1.82) is 0 Å². The minimum atomic E-state index is -0.285. The molecule has 2 aliphatic rings. The molecule has 0 radical (unpaired) electrons. The number of piperidine rings is 1. The van der Waals surface area contributed by atoms with E-state index in [-0.39, 0.29) is 11.8 Å². The molecule has 1 fully saturated rings. The highest BCUT2D eigenvalue weighted by Gasteiger charge is 2.31. The van der Waals surface area contributed by atoms with Crippen LogP contribution in [0.25, 0.3) is 0 Å². The standard InChI is InChI=1S/C22H26N4O3/c1-14-8-12-26(13-9-14)22(28)20-15(2)19-17(4-3-5-18(19)29-20)24-25-21(27)16-6-10-23-11-7-16/h6-7,10-11,14H,3-5,8-9,12-13H2,1-2H3,(H,25,27)/b24-17+. The van der Waals surface area contributed by atoms with Gasteiger partial charge in [-0.25, -0.2) is 5.43 Å². The Labute approximate surface area is 170 Å². The molecular formula is C22H26N4O3. The van der Waals surface area contributed by atoms with Crippen molar-refractivity contribution in [3.8, 4) is 0 Å². The molecule has 29 heavy (non-hydrogen) atoms. The monoisotopic (exact) mass is 394 g/mol. The number of hydrogen-bond donors (Lipinski definition) is 1. The highest BCUT2D eigenvalue weighted by atomic mass is 16.4. The molecule has 7 heteroatoms. The van der Waals surface area contributed by atoms with E-state index in [0.29, 0.717) is 17.2 Å². The number of carbonyl (C=O) groups is 2. The molecule has 2 aromatic heterocycles. The van der Waals surface area contributed by atoms with Gasteiger partial charge in [0, 0.05) is 48.6 Å². The van der Waals surface area contributed by atoms with E-state index >= 15 is 0 Å². The van der Waals surface area contributed by atoms with Gasteiger partial charge in [-0.2, -0.15) is 5.10 Å². The third-order valence-electron chi connectivity index (χ3n) is 5.83. The zero-order valence-corrected chi connectivity index (χ0v) is 16.9. The van der Waals surface area contributed by atoms with E-state index in [0.717, 1.165) is 67.8 Å². The summed E-state index contributed by atoms with van der Waals surface area (Å²) >= 11 is 0. The first kappa shape index (κ1) is 19.4. The van der Waals surface area contributed by atoms with Gasteiger partial charge in [0.25, 0.3) is 11.8 Å². The molecule has 1 N–H and O–H groups in total. The molecule has 2 aromatic rings. The van der Waals surface area contributed by atoms with E-state index in [9.17, 15) is 9.59 Å². The number of nitrogens with one attached hydrogen (secondary N) is 1. The maximum Gasteiger partial charge on any atom is 0.289 e. The number of nitrogens with zero attached hydrogens (tertiary/aromatic N) is 3. The first-order valence-electron chi connectivity index (χ1n) is 10.2. The zero-order chi connectivity index (χ0) is 20.4. The van der Waals surface area contributed by atoms with E-state index in [1.165, 1.54) is 0 Å². The molecule has 0 atom stereocenters. The number of hydrazone groups is 1. The Bertz CT molecular complexity index is 940. The molecule has 2 amide bonds. The zero-order valence-electron chi connectivity index (χ0n) is 16.9. The first-order chi connectivity index (χ1) is 14.0. The number of aryl methyl sites for hydroxylation is 1. The Balaban J connectivity index is 1.56. The van der Waals surface area contributed by atoms with Gasteiger partial charge in [-0.3, -0.25) is 14.6 Å². The number of fused-ring (bicyclic) bond motifs is 1. The quantitative estimate of drug-likeness (QED) is 0.809. The van der Waals surface area contributed by atoms with Gasteiger partial charge in [-0.15, -0.1) is 0 Å². The van der Waals surface area contributed by atoms with Crippen LogP contribution in [0.2, 0.25) is 0 Å². The summed E-state index contributed by atoms with van der Waals surface area (Å²) in [5.41, 5.74) is 5.59. The second-order valence-corrected chi connectivity index (χ2v) is 7.92. The molecule has 1 aliphatic carbocycles. The van der Waals surface area contributed by atoms with Crippen LogP contribution in [0.5, 0.6) is 0 Å². The second kappa shape index (κ2) is 8.19. The van der Waals surface area contributed by atoms with Crippen LogP contribution >= 0.6 is 0 Å². The molecule has 1 saturated heterocycles. The number of carbonyl (C=O) groups excluding carboxylic acids is 2. The Morgan fingerprint density at radius 1 is 1.21 bits per heavy atom. The van der Waals surface area contributed by atoms with Crippen LogP contribution in [0.1, 0.15) is 70.4 Å². The highest BCUT2D eigenvalue weighted by molar-refractivity contribution is 6.07. The van der Waals surface area contributed by atoms with Crippen molar-refractivity contribution in [2.45, 2.75) is 46.0 Å². The number of likely N-dealkylation sites (tertiary alicyclic amines) is 1. The van der Waals surface area contributed by atoms with Crippen molar-refractivity contribution >= 4 is 17.5 Å². The highest BCUT2D eigenvalue weighted by Crippen LogP contribution is 2.31. The normalized spacial score (nSPS) is 18.6. The third kappa shape index (κ3) is 3.95. The van der Waals surface area contributed by atoms with Gasteiger partial charge in [0.1, 0.15) is 5.76 Å². The molecule has 1 aliphatic heterocycles. The van der Waals surface area contributed by atoms with Crippen molar-refractivity contribution < 1.29 is 14.0 Å². The fourth-order valence-electron chi connectivity index (χ4n) is 4.03. The summed E-state index contributed by atoms with van der Waals surface area (Å²) in [6, 6.07) is 3.28. The van der Waals surface area contributed by atoms with Gasteiger partial charge < -0.3 is 9.32 Å². The van der Waals surface area contributed by atoms with Crippen LogP contribution in [-0.4, -0.2) is 40.5 Å². The van der Waals surface area contributed by atoms with Crippen LogP contribution in [0, 0.1) is 12.8 Å². The van der Waals surface area contributed by atoms with Crippen LogP contribution in [0.3, 0.4) is 0 Å². The molecule has 0 saturated carbocycles. The molecule has 152 valence electrons. The number of pyridine rings is 1. The molecule has 3 heterocycles. The smallest absolute Gasteiger partial charge is 0.289 e. The minimum absolute atomic E-state index is 0.0380. The van der Waals surface area contributed by atoms with Crippen LogP contribution in [0.4, 0.5) is 0 Å². The fourth-order valence-corrected chi connectivity index (χ4v) is 4.03. The summed E-state index contributed by atoms with van der Waals surface area (Å²) in [7, 11) is 0. The average Bonchev–Trinajstić information content (AvgIpc) is 3.10. The number of aromatic nitrogens is 1. The Morgan fingerprint density at radius 2 is 1.93 bits per heavy atom. The molecular weight excluding hydrogens is 368 g/mol. The van der Waals surface area contributed by atoms with Gasteiger partial charge >= 0.3 is 0 Å². The van der Waals surface area contributed by atoms with Crippen molar-refractivity contribution in [3.63, 3.8) is 0 Å². The molecule has 0 bridgehead atoms. The van der Waals surface area contributed by atoms with E-state index in [4.69, 9.17) is 4.42 Å². The van der Waals surface area contributed by atoms with Gasteiger partial charge in [0.05, 0.1) is 5.71 Å². The molecule has 7 nitrogen and oxygen atoms in total. The van der Waals surface area contributed by atoms with Gasteiger partial charge in [-0.1, -0.05) is 6.92 Å². The van der Waals surface area contributed by atoms with Crippen molar-refractivity contribution in [3.05, 3.63) is 52.7 Å². The third-order valence-corrected chi connectivity index (χ3v) is 5.83. The Kier molecular flexibility index (Phi) is 5.47. The summed E-state index contributed by atoms with van der Waals surface area (Å²) in [6.45, 7) is 5.68. The van der Waals surface area contributed by atoms with Crippen LogP contribution in [0.15, 0.2) is 34.0 Å². The van der Waals surface area contributed by atoms with E-state index in [1.807, 2.05) is 11.8 Å². The number of amides is 2. The molecule has 4 rings (SSSR count). The predicted molar refractivity (Wildman–Crippen MR) is 109 cm³/mol. The summed E-state index contributed by atoms with van der Waals surface area (Å²) < 4.78 is 6.01. The van der Waals surface area contributed by atoms with Crippen LogP contribution in [-0.2, 0) is 6.42 Å². The lowest BCUT2D eigenvalue weighted by Gasteiger charge is -2.29. The van der Waals surface area contributed by atoms with Gasteiger partial charge in [0.2, 0.25) is 0 Å². The predicted octanol–water partition coefficient (Wildman–Crippen LogP) is 3.33. The molecule has 0 spiro atoms. The Hall–Kier alpha value is -2.96. The minimum Gasteiger partial charge on any atom is -0.455 e. The average molecular weight is 394 g/mol. The molecule has 0 aromatic carbocycles. The largest absolute Gasteiger partial charge is 0.455 e. The fraction of sp³-hybridized carbons (Fsp3) is 0.455. The van der Waals surface area contributed by atoms with Crippen molar-refractivity contribution in [2.75, 3.05) is 13.1 Å². The van der Waals surface area contributed by atoms with Crippen molar-refractivity contribution in [2.24, 2.45) is 11.0 Å². The van der Waals surface area contributed by atoms with E-state index < -0.39 is 0 Å². The summed E-state index contributed by atoms with van der Waals surface area (Å²) in [5.74, 6) is 1.54. The first-order valence-corrected chi connectivity index (χ1v) is 10.2. The summed E-state index contributed by atoms with van der Waals surface area (Å²) in [4.78, 5) is 31.1. The maximum absolute atomic E-state index is 13.0. The van der Waals surface area contributed by atoms with Crippen molar-refractivity contribution in [1.82, 2.24) is 15.3 Å². The summed E-state index contributed by atoms with van der Waals surface area (Å²) in [5, 5.41) is 4.37. The van der Waals surface area contributed by atoms with E-state index in [1.54, 1.807) is 24.5 Å². The molecule has 0 unspecified atom stereocenters. The lowest BCUT2D eigenvalue weighted by atomic mass is 9.93. The number of hydrogen-bond acceptors (Lipinski definition) is 5. The second-order valence-electron chi connectivity index (χ2n) is 7.92. The topological polar surface area (TPSA) is 87.8 Å². The lowest BCUT2D eigenvalue weighted by Crippen LogP contribution is -2.38.